The molecular formula is C35H29F3. The van der Waals surface area contributed by atoms with Gasteiger partial charge < -0.3 is 0 Å². The summed E-state index contributed by atoms with van der Waals surface area (Å²) in [4.78, 5) is 0. The van der Waals surface area contributed by atoms with Crippen LogP contribution in [0.5, 0.6) is 0 Å². The molecule has 0 spiro atoms. The molecule has 0 saturated heterocycles. The van der Waals surface area contributed by atoms with Crippen LogP contribution in [-0.4, -0.2) is 0 Å². The summed E-state index contributed by atoms with van der Waals surface area (Å²) in [5, 5.41) is 0. The lowest BCUT2D eigenvalue weighted by atomic mass is 9.91. The highest BCUT2D eigenvalue weighted by molar-refractivity contribution is 5.82. The van der Waals surface area contributed by atoms with Crippen molar-refractivity contribution in [2.75, 3.05) is 0 Å². The van der Waals surface area contributed by atoms with E-state index in [1.165, 1.54) is 18.2 Å². The molecule has 0 amide bonds. The van der Waals surface area contributed by atoms with Gasteiger partial charge in [-0.1, -0.05) is 110 Å². The summed E-state index contributed by atoms with van der Waals surface area (Å²) in [5.41, 5.74) is 8.47. The van der Waals surface area contributed by atoms with Gasteiger partial charge in [-0.25, -0.2) is 0 Å². The Labute approximate surface area is 222 Å². The third-order valence-electron chi connectivity index (χ3n) is 6.70. The van der Waals surface area contributed by atoms with Crippen LogP contribution in [0, 0.1) is 13.8 Å². The third kappa shape index (κ3) is 5.95. The normalized spacial score (nSPS) is 11.8. The quantitative estimate of drug-likeness (QED) is 0.219. The van der Waals surface area contributed by atoms with Gasteiger partial charge in [-0.15, -0.1) is 0 Å². The van der Waals surface area contributed by atoms with Crippen LogP contribution >= 0.6 is 0 Å². The minimum atomic E-state index is -4.44. The van der Waals surface area contributed by atoms with Crippen molar-refractivity contribution in [3.8, 4) is 11.1 Å². The van der Waals surface area contributed by atoms with Gasteiger partial charge >= 0.3 is 6.18 Å². The standard InChI is InChI=1S/C35H29F3/c1-5-26-10-7-11-28(22-26)16-18-29-12-8-14-32(24(29)3)33-15-9-13-30(25(33)4)19-20-31-23-27(6-2)17-21-34(31)35(36,37)38/h5-23H,1-2H2,3-4H3/b18-16+,20-19+. The van der Waals surface area contributed by atoms with Crippen LogP contribution in [-0.2, 0) is 6.18 Å². The SMILES string of the molecule is C=Cc1cccc(/C=C/c2cccc(-c3cccc(/C=C/c4cc(C=C)ccc4C(F)(F)F)c3C)c2C)c1. The molecule has 4 aromatic carbocycles. The van der Waals surface area contributed by atoms with Gasteiger partial charge in [-0.3, -0.25) is 0 Å². The highest BCUT2D eigenvalue weighted by atomic mass is 19.4. The fraction of sp³-hybridized carbons (Fsp3) is 0.0857. The maximum absolute atomic E-state index is 13.6. The molecule has 0 bridgehead atoms. The van der Waals surface area contributed by atoms with Crippen LogP contribution in [0.1, 0.15) is 50.1 Å². The first-order valence-corrected chi connectivity index (χ1v) is 12.3. The molecule has 0 aliphatic carbocycles. The topological polar surface area (TPSA) is 0 Å². The first kappa shape index (κ1) is 26.7. The summed E-state index contributed by atoms with van der Waals surface area (Å²) < 4.78 is 40.8. The second-order valence-corrected chi connectivity index (χ2v) is 9.13. The van der Waals surface area contributed by atoms with E-state index in [1.807, 2.05) is 43.3 Å². The lowest BCUT2D eigenvalue weighted by molar-refractivity contribution is -0.137. The monoisotopic (exact) mass is 506 g/mol. The van der Waals surface area contributed by atoms with E-state index in [2.05, 4.69) is 62.6 Å². The molecule has 4 aromatic rings. The highest BCUT2D eigenvalue weighted by Crippen LogP contribution is 2.35. The number of hydrogen-bond donors (Lipinski definition) is 0. The van der Waals surface area contributed by atoms with Gasteiger partial charge in [0, 0.05) is 0 Å². The van der Waals surface area contributed by atoms with Gasteiger partial charge in [-0.05, 0) is 87.7 Å². The average molecular weight is 507 g/mol. The Morgan fingerprint density at radius 1 is 0.553 bits per heavy atom. The summed E-state index contributed by atoms with van der Waals surface area (Å²) in [6, 6.07) is 24.3. The van der Waals surface area contributed by atoms with E-state index in [1.54, 1.807) is 12.2 Å². The van der Waals surface area contributed by atoms with Crippen molar-refractivity contribution >= 4 is 36.5 Å². The van der Waals surface area contributed by atoms with Crippen LogP contribution < -0.4 is 0 Å². The average Bonchev–Trinajstić information content (AvgIpc) is 2.91. The van der Waals surface area contributed by atoms with Gasteiger partial charge in [-0.2, -0.15) is 13.2 Å². The smallest absolute Gasteiger partial charge is 0.166 e. The summed E-state index contributed by atoms with van der Waals surface area (Å²) in [5.74, 6) is 0. The molecule has 0 radical (unpaired) electrons. The fourth-order valence-electron chi connectivity index (χ4n) is 4.51. The minimum absolute atomic E-state index is 0.114. The number of alkyl halides is 3. The molecule has 0 nitrogen and oxygen atoms in total. The summed E-state index contributed by atoms with van der Waals surface area (Å²) in [7, 11) is 0. The second-order valence-electron chi connectivity index (χ2n) is 9.13. The highest BCUT2D eigenvalue weighted by Gasteiger charge is 2.32. The molecule has 190 valence electrons. The molecule has 38 heavy (non-hydrogen) atoms. The predicted molar refractivity (Wildman–Crippen MR) is 157 cm³/mol. The summed E-state index contributed by atoms with van der Waals surface area (Å²) >= 11 is 0. The first-order valence-electron chi connectivity index (χ1n) is 12.3. The molecular weight excluding hydrogens is 477 g/mol. The fourth-order valence-corrected chi connectivity index (χ4v) is 4.51. The lowest BCUT2D eigenvalue weighted by Gasteiger charge is -2.14. The molecule has 0 unspecified atom stereocenters. The van der Waals surface area contributed by atoms with E-state index in [4.69, 9.17) is 0 Å². The van der Waals surface area contributed by atoms with E-state index < -0.39 is 11.7 Å². The number of hydrogen-bond acceptors (Lipinski definition) is 0. The molecule has 0 saturated carbocycles. The van der Waals surface area contributed by atoms with Gasteiger partial charge in [0.15, 0.2) is 0 Å². The Kier molecular flexibility index (Phi) is 7.97. The van der Waals surface area contributed by atoms with Crippen LogP contribution in [0.4, 0.5) is 13.2 Å². The number of rotatable bonds is 7. The second kappa shape index (κ2) is 11.4. The maximum Gasteiger partial charge on any atom is 0.416 e. The molecule has 3 heteroatoms. The van der Waals surface area contributed by atoms with Crippen molar-refractivity contribution in [3.05, 3.63) is 142 Å². The van der Waals surface area contributed by atoms with E-state index in [9.17, 15) is 13.2 Å². The van der Waals surface area contributed by atoms with Crippen molar-refractivity contribution in [2.24, 2.45) is 0 Å². The molecule has 0 atom stereocenters. The van der Waals surface area contributed by atoms with Crippen LogP contribution in [0.25, 0.3) is 47.6 Å². The number of benzene rings is 4. The predicted octanol–water partition coefficient (Wildman–Crippen LogP) is 10.6. The van der Waals surface area contributed by atoms with E-state index in [-0.39, 0.29) is 5.56 Å². The Bertz CT molecular complexity index is 1550. The Morgan fingerprint density at radius 2 is 1.05 bits per heavy atom. The van der Waals surface area contributed by atoms with Gasteiger partial charge in [0.2, 0.25) is 0 Å². The van der Waals surface area contributed by atoms with Crippen molar-refractivity contribution in [3.63, 3.8) is 0 Å². The van der Waals surface area contributed by atoms with Gasteiger partial charge in [0.1, 0.15) is 0 Å². The third-order valence-corrected chi connectivity index (χ3v) is 6.70. The van der Waals surface area contributed by atoms with Crippen LogP contribution in [0.3, 0.4) is 0 Å². The van der Waals surface area contributed by atoms with Crippen molar-refractivity contribution < 1.29 is 13.2 Å². The van der Waals surface area contributed by atoms with Gasteiger partial charge in [0.25, 0.3) is 0 Å². The van der Waals surface area contributed by atoms with E-state index >= 15 is 0 Å². The zero-order valence-corrected chi connectivity index (χ0v) is 21.5. The van der Waals surface area contributed by atoms with Gasteiger partial charge in [0.05, 0.1) is 5.56 Å². The van der Waals surface area contributed by atoms with E-state index in [0.29, 0.717) is 5.56 Å². The molecule has 0 aliphatic heterocycles. The molecule has 0 aromatic heterocycles. The molecule has 0 heterocycles. The Hall–Kier alpha value is -4.37. The molecule has 0 fully saturated rings. The van der Waals surface area contributed by atoms with Crippen LogP contribution in [0.2, 0.25) is 0 Å². The zero-order chi connectivity index (χ0) is 27.3. The maximum atomic E-state index is 13.6. The molecule has 4 rings (SSSR count). The van der Waals surface area contributed by atoms with Crippen LogP contribution in [0.15, 0.2) is 92.0 Å². The van der Waals surface area contributed by atoms with Crippen molar-refractivity contribution in [1.82, 2.24) is 0 Å². The summed E-state index contributed by atoms with van der Waals surface area (Å²) in [6.45, 7) is 11.6. The first-order chi connectivity index (χ1) is 18.2. The lowest BCUT2D eigenvalue weighted by Crippen LogP contribution is -2.07. The largest absolute Gasteiger partial charge is 0.416 e. The van der Waals surface area contributed by atoms with Crippen molar-refractivity contribution in [1.29, 1.82) is 0 Å². The van der Waals surface area contributed by atoms with Crippen molar-refractivity contribution in [2.45, 2.75) is 20.0 Å². The summed E-state index contributed by atoms with van der Waals surface area (Å²) in [6.07, 6.45) is 6.41. The molecule has 0 N–H and O–H groups in total. The minimum Gasteiger partial charge on any atom is -0.166 e. The zero-order valence-electron chi connectivity index (χ0n) is 21.5. The molecule has 0 aliphatic rings. The van der Waals surface area contributed by atoms with E-state index in [0.717, 1.165) is 50.6 Å². The number of halogens is 3. The Morgan fingerprint density at radius 3 is 1.63 bits per heavy atom. The Balaban J connectivity index is 1.70.